The second kappa shape index (κ2) is 8.13. The first-order chi connectivity index (χ1) is 12.6. The van der Waals surface area contributed by atoms with Gasteiger partial charge in [-0.2, -0.15) is 0 Å². The van der Waals surface area contributed by atoms with E-state index in [-0.39, 0.29) is 5.91 Å². The molecule has 5 heteroatoms. The molecule has 0 bridgehead atoms. The lowest BCUT2D eigenvalue weighted by Gasteiger charge is -2.19. The third kappa shape index (κ3) is 4.28. The number of hydrogen-bond acceptors (Lipinski definition) is 4. The number of ether oxygens (including phenoxy) is 2. The lowest BCUT2D eigenvalue weighted by Crippen LogP contribution is -2.31. The zero-order chi connectivity index (χ0) is 18.5. The van der Waals surface area contributed by atoms with E-state index in [1.807, 2.05) is 0 Å². The monoisotopic (exact) mass is 354 g/mol. The van der Waals surface area contributed by atoms with Crippen molar-refractivity contribution in [3.05, 3.63) is 53.6 Å². The van der Waals surface area contributed by atoms with Crippen molar-refractivity contribution in [2.45, 2.75) is 13.3 Å². The summed E-state index contributed by atoms with van der Waals surface area (Å²) in [6, 6.07) is 13.8. The van der Waals surface area contributed by atoms with Crippen molar-refractivity contribution in [3.8, 4) is 11.5 Å². The Morgan fingerprint density at radius 3 is 2.38 bits per heavy atom. The second-order valence-corrected chi connectivity index (χ2v) is 6.75. The number of rotatable bonds is 6. The summed E-state index contributed by atoms with van der Waals surface area (Å²) in [5, 5.41) is 3.05. The lowest BCUT2D eigenvalue weighted by molar-refractivity contribution is 0.0947. The maximum atomic E-state index is 12.5. The molecule has 1 atom stereocenters. The third-order valence-electron chi connectivity index (χ3n) is 4.85. The third-order valence-corrected chi connectivity index (χ3v) is 4.85. The van der Waals surface area contributed by atoms with Gasteiger partial charge in [0.25, 0.3) is 5.91 Å². The summed E-state index contributed by atoms with van der Waals surface area (Å²) in [4.78, 5) is 14.9. The van der Waals surface area contributed by atoms with Crippen LogP contribution in [0.3, 0.4) is 0 Å². The van der Waals surface area contributed by atoms with E-state index < -0.39 is 0 Å². The fraction of sp³-hybridized carbons (Fsp3) is 0.381. The average molecular weight is 354 g/mol. The highest BCUT2D eigenvalue weighted by Crippen LogP contribution is 2.25. The van der Waals surface area contributed by atoms with Gasteiger partial charge in [0.05, 0.1) is 14.2 Å². The molecule has 3 rings (SSSR count). The van der Waals surface area contributed by atoms with E-state index in [1.54, 1.807) is 32.4 Å². The summed E-state index contributed by atoms with van der Waals surface area (Å²) >= 11 is 0. The van der Waals surface area contributed by atoms with Crippen LogP contribution in [0.2, 0.25) is 0 Å². The Kier molecular flexibility index (Phi) is 5.66. The zero-order valence-electron chi connectivity index (χ0n) is 15.6. The summed E-state index contributed by atoms with van der Waals surface area (Å²) < 4.78 is 10.5. The van der Waals surface area contributed by atoms with Gasteiger partial charge in [0.2, 0.25) is 0 Å². The van der Waals surface area contributed by atoms with E-state index in [2.05, 4.69) is 41.4 Å². The molecule has 1 saturated heterocycles. The van der Waals surface area contributed by atoms with Crippen molar-refractivity contribution >= 4 is 11.6 Å². The molecule has 1 aliphatic rings. The first-order valence-corrected chi connectivity index (χ1v) is 8.92. The molecule has 0 saturated carbocycles. The van der Waals surface area contributed by atoms with Gasteiger partial charge in [-0.25, -0.2) is 0 Å². The molecule has 1 unspecified atom stereocenters. The van der Waals surface area contributed by atoms with Gasteiger partial charge in [0.1, 0.15) is 11.5 Å². The first-order valence-electron chi connectivity index (χ1n) is 8.92. The van der Waals surface area contributed by atoms with Crippen LogP contribution in [0.25, 0.3) is 0 Å². The van der Waals surface area contributed by atoms with Crippen LogP contribution >= 0.6 is 0 Å². The minimum atomic E-state index is -0.101. The predicted octanol–water partition coefficient (Wildman–Crippen LogP) is 3.27. The Morgan fingerprint density at radius 2 is 1.77 bits per heavy atom. The van der Waals surface area contributed by atoms with E-state index in [0.29, 0.717) is 29.5 Å². The van der Waals surface area contributed by atoms with Gasteiger partial charge in [0.15, 0.2) is 0 Å². The number of nitrogens with one attached hydrogen (secondary N) is 1. The van der Waals surface area contributed by atoms with Crippen LogP contribution in [0.1, 0.15) is 22.3 Å². The number of anilines is 1. The number of amides is 1. The predicted molar refractivity (Wildman–Crippen MR) is 103 cm³/mol. The molecule has 1 amide bonds. The van der Waals surface area contributed by atoms with Crippen LogP contribution in [0.4, 0.5) is 5.69 Å². The van der Waals surface area contributed by atoms with Gasteiger partial charge in [-0.15, -0.1) is 0 Å². The fourth-order valence-electron chi connectivity index (χ4n) is 3.27. The summed E-state index contributed by atoms with van der Waals surface area (Å²) in [5.74, 6) is 1.57. The highest BCUT2D eigenvalue weighted by atomic mass is 16.5. The molecular weight excluding hydrogens is 328 g/mol. The van der Waals surface area contributed by atoms with E-state index in [0.717, 1.165) is 19.5 Å². The van der Waals surface area contributed by atoms with E-state index in [1.165, 1.54) is 11.3 Å². The van der Waals surface area contributed by atoms with Crippen molar-refractivity contribution in [2.24, 2.45) is 5.92 Å². The minimum Gasteiger partial charge on any atom is -0.497 e. The van der Waals surface area contributed by atoms with Crippen LogP contribution in [0.15, 0.2) is 42.5 Å². The van der Waals surface area contributed by atoms with E-state index in [4.69, 9.17) is 9.47 Å². The standard InChI is InChI=1S/C21H26N2O3/c1-15-4-6-18(7-5-15)23-9-8-16(14-23)13-22-21(24)17-10-19(25-2)12-20(11-17)26-3/h4-7,10-12,16H,8-9,13-14H2,1-3H3,(H,22,24). The van der Waals surface area contributed by atoms with Crippen molar-refractivity contribution in [3.63, 3.8) is 0 Å². The maximum Gasteiger partial charge on any atom is 0.251 e. The van der Waals surface area contributed by atoms with Crippen LogP contribution in [0.5, 0.6) is 11.5 Å². The number of aryl methyl sites for hydroxylation is 1. The summed E-state index contributed by atoms with van der Waals surface area (Å²) in [6.45, 7) is 4.75. The Morgan fingerprint density at radius 1 is 1.12 bits per heavy atom. The Bertz CT molecular complexity index is 736. The van der Waals surface area contributed by atoms with Gasteiger partial charge in [-0.05, 0) is 43.5 Å². The first kappa shape index (κ1) is 18.1. The summed E-state index contributed by atoms with van der Waals surface area (Å²) in [7, 11) is 3.16. The van der Waals surface area contributed by atoms with Gasteiger partial charge < -0.3 is 19.7 Å². The molecule has 1 N–H and O–H groups in total. The fourth-order valence-corrected chi connectivity index (χ4v) is 3.27. The number of benzene rings is 2. The molecule has 2 aromatic carbocycles. The molecule has 1 heterocycles. The minimum absolute atomic E-state index is 0.101. The molecular formula is C21H26N2O3. The Labute approximate surface area is 154 Å². The largest absolute Gasteiger partial charge is 0.497 e. The van der Waals surface area contributed by atoms with Crippen molar-refractivity contribution in [2.75, 3.05) is 38.8 Å². The Balaban J connectivity index is 1.56. The van der Waals surface area contributed by atoms with E-state index in [9.17, 15) is 4.79 Å². The van der Waals surface area contributed by atoms with Gasteiger partial charge >= 0.3 is 0 Å². The second-order valence-electron chi connectivity index (χ2n) is 6.75. The molecule has 138 valence electrons. The molecule has 2 aromatic rings. The summed E-state index contributed by atoms with van der Waals surface area (Å²) in [5.41, 5.74) is 3.07. The molecule has 0 aliphatic carbocycles. The van der Waals surface area contributed by atoms with Crippen LogP contribution in [-0.2, 0) is 0 Å². The van der Waals surface area contributed by atoms with Crippen LogP contribution in [-0.4, -0.2) is 39.8 Å². The average Bonchev–Trinajstić information content (AvgIpc) is 3.15. The highest BCUT2D eigenvalue weighted by molar-refractivity contribution is 5.95. The quantitative estimate of drug-likeness (QED) is 0.865. The van der Waals surface area contributed by atoms with Gasteiger partial charge in [0, 0.05) is 37.0 Å². The van der Waals surface area contributed by atoms with Crippen molar-refractivity contribution in [1.29, 1.82) is 0 Å². The van der Waals surface area contributed by atoms with Gasteiger partial charge in [-0.3, -0.25) is 4.79 Å². The lowest BCUT2D eigenvalue weighted by atomic mass is 10.1. The zero-order valence-corrected chi connectivity index (χ0v) is 15.6. The van der Waals surface area contributed by atoms with Crippen molar-refractivity contribution < 1.29 is 14.3 Å². The molecule has 0 radical (unpaired) electrons. The number of nitrogens with zero attached hydrogens (tertiary/aromatic N) is 1. The Hall–Kier alpha value is -2.69. The normalized spacial score (nSPS) is 16.4. The van der Waals surface area contributed by atoms with Crippen LogP contribution < -0.4 is 19.7 Å². The topological polar surface area (TPSA) is 50.8 Å². The van der Waals surface area contributed by atoms with Crippen molar-refractivity contribution in [1.82, 2.24) is 5.32 Å². The SMILES string of the molecule is COc1cc(OC)cc(C(=O)NCC2CCN(c3ccc(C)cc3)C2)c1. The smallest absolute Gasteiger partial charge is 0.251 e. The summed E-state index contributed by atoms with van der Waals surface area (Å²) in [6.07, 6.45) is 1.08. The highest BCUT2D eigenvalue weighted by Gasteiger charge is 2.23. The van der Waals surface area contributed by atoms with Crippen LogP contribution in [0, 0.1) is 12.8 Å². The van der Waals surface area contributed by atoms with Gasteiger partial charge in [-0.1, -0.05) is 17.7 Å². The molecule has 5 nitrogen and oxygen atoms in total. The number of hydrogen-bond donors (Lipinski definition) is 1. The molecule has 1 aliphatic heterocycles. The molecule has 0 aromatic heterocycles. The maximum absolute atomic E-state index is 12.5. The molecule has 26 heavy (non-hydrogen) atoms. The molecule has 0 spiro atoms. The number of methoxy groups -OCH3 is 2. The van der Waals surface area contributed by atoms with E-state index >= 15 is 0 Å². The number of carbonyl (C=O) groups excluding carboxylic acids is 1. The number of carbonyl (C=O) groups is 1. The molecule has 1 fully saturated rings.